The molecule has 1 saturated carbocycles. The molecule has 106 valence electrons. The highest BCUT2D eigenvalue weighted by Gasteiger charge is 2.23. The van der Waals surface area contributed by atoms with Crippen molar-refractivity contribution in [3.63, 3.8) is 0 Å². The molecular weight excluding hydrogens is 230 g/mol. The van der Waals surface area contributed by atoms with Crippen LogP contribution in [-0.4, -0.2) is 6.04 Å². The van der Waals surface area contributed by atoms with Crippen molar-refractivity contribution >= 4 is 0 Å². The first-order chi connectivity index (χ1) is 9.09. The summed E-state index contributed by atoms with van der Waals surface area (Å²) in [5, 5.41) is 3.75. The minimum atomic E-state index is 0.555. The number of aryl methyl sites for hydroxylation is 1. The van der Waals surface area contributed by atoms with E-state index in [0.717, 1.165) is 13.0 Å². The van der Waals surface area contributed by atoms with E-state index >= 15 is 0 Å². The molecule has 0 aliphatic heterocycles. The number of benzene rings is 1. The van der Waals surface area contributed by atoms with Gasteiger partial charge in [-0.15, -0.1) is 0 Å². The van der Waals surface area contributed by atoms with E-state index in [0.29, 0.717) is 11.5 Å². The molecule has 0 radical (unpaired) electrons. The maximum absolute atomic E-state index is 3.75. The summed E-state index contributed by atoms with van der Waals surface area (Å²) in [6.45, 7) is 8.06. The summed E-state index contributed by atoms with van der Waals surface area (Å²) in [4.78, 5) is 0. The van der Waals surface area contributed by atoms with E-state index in [1.807, 2.05) is 0 Å². The van der Waals surface area contributed by atoms with Crippen LogP contribution < -0.4 is 5.32 Å². The van der Waals surface area contributed by atoms with Gasteiger partial charge in [0.05, 0.1) is 0 Å². The maximum Gasteiger partial charge on any atom is 0.0208 e. The molecule has 0 bridgehead atoms. The van der Waals surface area contributed by atoms with Crippen LogP contribution in [0.1, 0.15) is 64.0 Å². The minimum absolute atomic E-state index is 0.555. The molecule has 1 atom stereocenters. The summed E-state index contributed by atoms with van der Waals surface area (Å²) in [5.41, 5.74) is 3.40. The van der Waals surface area contributed by atoms with Crippen molar-refractivity contribution in [2.24, 2.45) is 5.41 Å². The summed E-state index contributed by atoms with van der Waals surface area (Å²) in [6, 6.07) is 9.77. The van der Waals surface area contributed by atoms with Crippen LogP contribution in [0, 0.1) is 5.41 Å². The Bertz CT molecular complexity index is 377. The fraction of sp³-hybridized carbons (Fsp3) is 0.667. The predicted molar refractivity (Wildman–Crippen MR) is 83.3 cm³/mol. The third kappa shape index (κ3) is 4.65. The topological polar surface area (TPSA) is 12.0 Å². The summed E-state index contributed by atoms with van der Waals surface area (Å²) in [6.07, 6.45) is 7.93. The quantitative estimate of drug-likeness (QED) is 0.773. The van der Waals surface area contributed by atoms with E-state index in [9.17, 15) is 0 Å². The number of hydrogen-bond acceptors (Lipinski definition) is 1. The van der Waals surface area contributed by atoms with Gasteiger partial charge < -0.3 is 5.32 Å². The van der Waals surface area contributed by atoms with Gasteiger partial charge in [-0.25, -0.2) is 0 Å². The molecule has 1 unspecified atom stereocenters. The number of hydrogen-bond donors (Lipinski definition) is 1. The Labute approximate surface area is 118 Å². The van der Waals surface area contributed by atoms with E-state index in [4.69, 9.17) is 0 Å². The van der Waals surface area contributed by atoms with Crippen molar-refractivity contribution in [2.75, 3.05) is 0 Å². The average molecular weight is 259 g/mol. The molecule has 1 fully saturated rings. The zero-order valence-corrected chi connectivity index (χ0v) is 12.8. The Kier molecular flexibility index (Phi) is 5.04. The molecule has 0 aromatic heterocycles. The molecule has 1 nitrogen and oxygen atoms in total. The fourth-order valence-corrected chi connectivity index (χ4v) is 3.02. The SMILES string of the molecule is CCc1ccc(CNC2CCCC(C)(C)CC2)cc1. The average Bonchev–Trinajstić information content (AvgIpc) is 2.58. The van der Waals surface area contributed by atoms with Crippen molar-refractivity contribution in [3.8, 4) is 0 Å². The van der Waals surface area contributed by atoms with Crippen LogP contribution in [0.25, 0.3) is 0 Å². The third-order valence-corrected chi connectivity index (χ3v) is 4.60. The Morgan fingerprint density at radius 3 is 2.42 bits per heavy atom. The van der Waals surface area contributed by atoms with E-state index in [-0.39, 0.29) is 0 Å². The highest BCUT2D eigenvalue weighted by Crippen LogP contribution is 2.33. The zero-order chi connectivity index (χ0) is 13.7. The van der Waals surface area contributed by atoms with Gasteiger partial charge in [-0.05, 0) is 48.6 Å². The molecule has 1 heteroatoms. The van der Waals surface area contributed by atoms with Gasteiger partial charge in [0.15, 0.2) is 0 Å². The zero-order valence-electron chi connectivity index (χ0n) is 12.8. The van der Waals surface area contributed by atoms with Crippen LogP contribution in [0.15, 0.2) is 24.3 Å². The van der Waals surface area contributed by atoms with Gasteiger partial charge in [0.1, 0.15) is 0 Å². The van der Waals surface area contributed by atoms with E-state index in [2.05, 4.69) is 50.4 Å². The van der Waals surface area contributed by atoms with Gasteiger partial charge in [0.2, 0.25) is 0 Å². The molecule has 1 aromatic rings. The van der Waals surface area contributed by atoms with Gasteiger partial charge in [-0.1, -0.05) is 51.5 Å². The second kappa shape index (κ2) is 6.56. The Morgan fingerprint density at radius 1 is 1.05 bits per heavy atom. The normalized spacial score (nSPS) is 23.0. The fourth-order valence-electron chi connectivity index (χ4n) is 3.02. The standard InChI is InChI=1S/C18H29N/c1-4-15-7-9-16(10-8-15)14-19-17-6-5-12-18(2,3)13-11-17/h7-10,17,19H,4-6,11-14H2,1-3H3. The molecule has 0 saturated heterocycles. The molecule has 0 spiro atoms. The highest BCUT2D eigenvalue weighted by molar-refractivity contribution is 5.22. The molecule has 1 N–H and O–H groups in total. The first-order valence-corrected chi connectivity index (χ1v) is 7.90. The van der Waals surface area contributed by atoms with E-state index in [1.54, 1.807) is 0 Å². The third-order valence-electron chi connectivity index (χ3n) is 4.60. The minimum Gasteiger partial charge on any atom is -0.310 e. The molecular formula is C18H29N. The van der Waals surface area contributed by atoms with Crippen LogP contribution in [-0.2, 0) is 13.0 Å². The summed E-state index contributed by atoms with van der Waals surface area (Å²) in [5.74, 6) is 0. The Morgan fingerprint density at radius 2 is 1.74 bits per heavy atom. The van der Waals surface area contributed by atoms with Gasteiger partial charge in [0, 0.05) is 12.6 Å². The lowest BCUT2D eigenvalue weighted by Crippen LogP contribution is -2.28. The van der Waals surface area contributed by atoms with Gasteiger partial charge >= 0.3 is 0 Å². The van der Waals surface area contributed by atoms with Crippen molar-refractivity contribution in [1.82, 2.24) is 5.32 Å². The molecule has 0 heterocycles. The highest BCUT2D eigenvalue weighted by atomic mass is 14.9. The van der Waals surface area contributed by atoms with E-state index in [1.165, 1.54) is 43.2 Å². The second-order valence-electron chi connectivity index (χ2n) is 6.84. The molecule has 0 amide bonds. The molecule has 1 aliphatic rings. The smallest absolute Gasteiger partial charge is 0.0208 e. The van der Waals surface area contributed by atoms with Crippen molar-refractivity contribution in [3.05, 3.63) is 35.4 Å². The summed E-state index contributed by atoms with van der Waals surface area (Å²) < 4.78 is 0. The number of rotatable bonds is 4. The van der Waals surface area contributed by atoms with Crippen molar-refractivity contribution < 1.29 is 0 Å². The molecule has 19 heavy (non-hydrogen) atoms. The first kappa shape index (κ1) is 14.6. The van der Waals surface area contributed by atoms with Crippen LogP contribution in [0.2, 0.25) is 0 Å². The van der Waals surface area contributed by atoms with Crippen LogP contribution >= 0.6 is 0 Å². The molecule has 2 rings (SSSR count). The summed E-state index contributed by atoms with van der Waals surface area (Å²) in [7, 11) is 0. The van der Waals surface area contributed by atoms with Crippen molar-refractivity contribution in [2.45, 2.75) is 71.9 Å². The molecule has 1 aromatic carbocycles. The Hall–Kier alpha value is -0.820. The lowest BCUT2D eigenvalue weighted by atomic mass is 9.85. The lowest BCUT2D eigenvalue weighted by molar-refractivity contribution is 0.309. The van der Waals surface area contributed by atoms with Crippen LogP contribution in [0.4, 0.5) is 0 Å². The first-order valence-electron chi connectivity index (χ1n) is 7.90. The van der Waals surface area contributed by atoms with Crippen LogP contribution in [0.3, 0.4) is 0 Å². The Balaban J connectivity index is 1.81. The molecule has 1 aliphatic carbocycles. The lowest BCUT2D eigenvalue weighted by Gasteiger charge is -2.22. The second-order valence-corrected chi connectivity index (χ2v) is 6.84. The van der Waals surface area contributed by atoms with Gasteiger partial charge in [-0.2, -0.15) is 0 Å². The predicted octanol–water partition coefficient (Wildman–Crippen LogP) is 4.70. The van der Waals surface area contributed by atoms with Crippen LogP contribution in [0.5, 0.6) is 0 Å². The maximum atomic E-state index is 3.75. The monoisotopic (exact) mass is 259 g/mol. The summed E-state index contributed by atoms with van der Waals surface area (Å²) >= 11 is 0. The van der Waals surface area contributed by atoms with Gasteiger partial charge in [0.25, 0.3) is 0 Å². The van der Waals surface area contributed by atoms with Crippen molar-refractivity contribution in [1.29, 1.82) is 0 Å². The van der Waals surface area contributed by atoms with E-state index < -0.39 is 0 Å². The largest absolute Gasteiger partial charge is 0.310 e. The number of nitrogens with one attached hydrogen (secondary N) is 1. The van der Waals surface area contributed by atoms with Gasteiger partial charge in [-0.3, -0.25) is 0 Å².